The van der Waals surface area contributed by atoms with Crippen LogP contribution in [-0.4, -0.2) is 53.5 Å². The highest BCUT2D eigenvalue weighted by molar-refractivity contribution is 7.17. The van der Waals surface area contributed by atoms with E-state index in [4.69, 9.17) is 53.1 Å². The molecule has 0 saturated carbocycles. The van der Waals surface area contributed by atoms with Gasteiger partial charge in [-0.2, -0.15) is 5.26 Å². The summed E-state index contributed by atoms with van der Waals surface area (Å²) in [5, 5.41) is 13.2. The molecular formula is C47H39Cl2N5O7S. The van der Waals surface area contributed by atoms with Crippen molar-refractivity contribution in [1.82, 2.24) is 15.2 Å². The molecule has 0 saturated heterocycles. The highest BCUT2D eigenvalue weighted by Crippen LogP contribution is 2.41. The minimum absolute atomic E-state index is 0.0649. The molecule has 0 aliphatic carbocycles. The van der Waals surface area contributed by atoms with Crippen molar-refractivity contribution in [2.45, 2.75) is 51.1 Å². The zero-order valence-electron chi connectivity index (χ0n) is 33.5. The summed E-state index contributed by atoms with van der Waals surface area (Å²) in [6.45, 7) is 2.32. The van der Waals surface area contributed by atoms with Gasteiger partial charge in [0.15, 0.2) is 22.7 Å². The van der Waals surface area contributed by atoms with E-state index in [1.165, 1.54) is 12.0 Å². The first-order chi connectivity index (χ1) is 30.0. The Hall–Kier alpha value is -6.59. The minimum atomic E-state index is -1.05. The molecule has 1 unspecified atom stereocenters. The Kier molecular flexibility index (Phi) is 12.3. The van der Waals surface area contributed by atoms with E-state index in [9.17, 15) is 14.4 Å². The number of hydrogen-bond donors (Lipinski definition) is 2. The first kappa shape index (κ1) is 42.1. The molecule has 0 bridgehead atoms. The Labute approximate surface area is 371 Å². The quantitative estimate of drug-likeness (QED) is 0.121. The molecular weight excluding hydrogens is 850 g/mol. The predicted octanol–water partition coefficient (Wildman–Crippen LogP) is 8.44. The number of hydrogen-bond acceptors (Lipinski definition) is 11. The maximum Gasteiger partial charge on any atom is 0.328 e. The molecule has 62 heavy (non-hydrogen) atoms. The number of nitrogens with one attached hydrogen (secondary N) is 1. The van der Waals surface area contributed by atoms with E-state index in [0.29, 0.717) is 50.0 Å². The highest BCUT2D eigenvalue weighted by atomic mass is 35.5. The molecule has 3 N–H and O–H groups in total. The van der Waals surface area contributed by atoms with E-state index in [1.54, 1.807) is 31.2 Å². The largest absolute Gasteiger partial charge is 0.489 e. The summed E-state index contributed by atoms with van der Waals surface area (Å²) < 4.78 is 23.8. The molecule has 6 aromatic rings. The van der Waals surface area contributed by atoms with Gasteiger partial charge in [0, 0.05) is 19.4 Å². The number of nitriles is 1. The zero-order valence-corrected chi connectivity index (χ0v) is 35.9. The third-order valence-corrected chi connectivity index (χ3v) is 12.5. The van der Waals surface area contributed by atoms with Crippen molar-refractivity contribution < 1.29 is 33.3 Å². The molecule has 314 valence electrons. The fourth-order valence-electron chi connectivity index (χ4n) is 7.49. The highest BCUT2D eigenvalue weighted by Gasteiger charge is 2.39. The second-order valence-corrected chi connectivity index (χ2v) is 16.7. The maximum atomic E-state index is 14.4. The second kappa shape index (κ2) is 18.2. The first-order valence-electron chi connectivity index (χ1n) is 19.6. The molecule has 1 aromatic heterocycles. The number of benzene rings is 5. The lowest BCUT2D eigenvalue weighted by Gasteiger charge is -2.37. The van der Waals surface area contributed by atoms with Gasteiger partial charge in [-0.05, 0) is 94.4 Å². The predicted molar refractivity (Wildman–Crippen MR) is 235 cm³/mol. The van der Waals surface area contributed by atoms with Gasteiger partial charge in [-0.25, -0.2) is 9.78 Å². The number of nitrogen functional groups attached to an aromatic ring is 1. The summed E-state index contributed by atoms with van der Waals surface area (Å²) in [7, 11) is 1.26. The van der Waals surface area contributed by atoms with Gasteiger partial charge in [0.1, 0.15) is 35.9 Å². The third-order valence-electron chi connectivity index (χ3n) is 10.8. The van der Waals surface area contributed by atoms with Crippen LogP contribution in [0.3, 0.4) is 0 Å². The Morgan fingerprint density at radius 1 is 0.935 bits per heavy atom. The summed E-state index contributed by atoms with van der Waals surface area (Å²) in [6, 6.07) is 31.5. The van der Waals surface area contributed by atoms with Gasteiger partial charge in [0.25, 0.3) is 5.91 Å². The number of ether oxygens (including phenoxy) is 4. The molecule has 2 amide bonds. The number of fused-ring (bicyclic) bond motifs is 2. The zero-order chi connectivity index (χ0) is 43.5. The van der Waals surface area contributed by atoms with E-state index < -0.39 is 36.0 Å². The van der Waals surface area contributed by atoms with Crippen molar-refractivity contribution in [1.29, 1.82) is 5.26 Å². The third kappa shape index (κ3) is 9.18. The van der Waals surface area contributed by atoms with Crippen LogP contribution in [0.2, 0.25) is 10.0 Å². The van der Waals surface area contributed by atoms with Crippen LogP contribution in [0.15, 0.2) is 103 Å². The molecule has 15 heteroatoms. The molecule has 8 rings (SSSR count). The second-order valence-electron chi connectivity index (χ2n) is 14.9. The van der Waals surface area contributed by atoms with Crippen LogP contribution < -0.4 is 25.3 Å². The molecule has 3 atom stereocenters. The van der Waals surface area contributed by atoms with E-state index >= 15 is 0 Å². The lowest BCUT2D eigenvalue weighted by molar-refractivity contribution is -0.145. The summed E-state index contributed by atoms with van der Waals surface area (Å²) >= 11 is 13.2. The molecule has 0 radical (unpaired) electrons. The van der Waals surface area contributed by atoms with Crippen LogP contribution in [0.1, 0.15) is 54.9 Å². The SMILES string of the molecule is COC(=O)[C@H](Cc1ccc(-c2ccc(C#N)cc2)cc1)NC(=O)C1Cc2cc3c(cc2CN1C(=O)c1sc(N)nc1C)O[C@@H](c1ccc(OCc2ccc(Cl)c(Cl)c2)cc1)CO3. The van der Waals surface area contributed by atoms with Gasteiger partial charge in [0.2, 0.25) is 5.91 Å². The number of nitrogens with two attached hydrogens (primary N) is 1. The Balaban J connectivity index is 0.996. The number of aryl methyl sites for hydroxylation is 1. The van der Waals surface area contributed by atoms with Crippen LogP contribution in [0.4, 0.5) is 5.13 Å². The van der Waals surface area contributed by atoms with E-state index in [0.717, 1.165) is 50.3 Å². The lowest BCUT2D eigenvalue weighted by atomic mass is 9.91. The number of anilines is 1. The van der Waals surface area contributed by atoms with Crippen LogP contribution in [0.5, 0.6) is 17.2 Å². The van der Waals surface area contributed by atoms with Gasteiger partial charge in [-0.3, -0.25) is 9.59 Å². The van der Waals surface area contributed by atoms with Gasteiger partial charge >= 0.3 is 5.97 Å². The molecule has 5 aromatic carbocycles. The number of halogens is 2. The molecule has 0 fully saturated rings. The molecule has 0 spiro atoms. The molecule has 3 heterocycles. The number of carbonyl (C=O) groups is 3. The molecule has 12 nitrogen and oxygen atoms in total. The van der Waals surface area contributed by atoms with Crippen LogP contribution in [0, 0.1) is 18.3 Å². The van der Waals surface area contributed by atoms with Crippen molar-refractivity contribution in [3.63, 3.8) is 0 Å². The molecule has 2 aliphatic rings. The smallest absolute Gasteiger partial charge is 0.328 e. The minimum Gasteiger partial charge on any atom is -0.489 e. The maximum absolute atomic E-state index is 14.4. The van der Waals surface area contributed by atoms with Gasteiger partial charge in [-0.15, -0.1) is 0 Å². The monoisotopic (exact) mass is 887 g/mol. The summed E-state index contributed by atoms with van der Waals surface area (Å²) in [6.07, 6.45) is -0.144. The van der Waals surface area contributed by atoms with E-state index in [1.807, 2.05) is 78.9 Å². The van der Waals surface area contributed by atoms with Crippen molar-refractivity contribution in [3.05, 3.63) is 157 Å². The molecule has 2 aliphatic heterocycles. The number of esters is 1. The van der Waals surface area contributed by atoms with Crippen molar-refractivity contribution >= 4 is 57.5 Å². The van der Waals surface area contributed by atoms with Crippen molar-refractivity contribution in [2.75, 3.05) is 19.5 Å². The number of nitrogens with zero attached hydrogens (tertiary/aromatic N) is 3. The Bertz CT molecular complexity index is 2700. The Morgan fingerprint density at radius 3 is 2.29 bits per heavy atom. The summed E-state index contributed by atoms with van der Waals surface area (Å²) in [4.78, 5) is 47.9. The van der Waals surface area contributed by atoms with Gasteiger partial charge < -0.3 is 34.9 Å². The van der Waals surface area contributed by atoms with E-state index in [2.05, 4.69) is 16.4 Å². The number of amides is 2. The first-order valence-corrected chi connectivity index (χ1v) is 21.2. The van der Waals surface area contributed by atoms with Gasteiger partial charge in [-0.1, -0.05) is 89.1 Å². The van der Waals surface area contributed by atoms with Crippen LogP contribution in [-0.2, 0) is 40.3 Å². The lowest BCUT2D eigenvalue weighted by Crippen LogP contribution is -2.56. The fraction of sp³-hybridized carbons (Fsp3) is 0.213. The fourth-order valence-corrected chi connectivity index (χ4v) is 8.60. The standard InChI is InChI=1S/C47H39Cl2N5O7S/c1-26-43(62-47(51)52-26)45(56)54-23-34-21-41-40(60-25-42(61-41)32-12-14-35(15-13-32)59-24-29-7-16-36(48)37(49)17-29)20-33(34)19-39(54)44(55)53-38(46(57)58-2)18-27-3-8-30(9-4-27)31-10-5-28(22-50)6-11-31/h3-17,20-21,38-39,42H,18-19,23-25H2,1-2H3,(H2,51,52)(H,53,55)/t38-,39?,42+/m0/s1. The normalized spacial score (nSPS) is 15.8. The van der Waals surface area contributed by atoms with Crippen molar-refractivity contribution in [3.8, 4) is 34.4 Å². The van der Waals surface area contributed by atoms with Crippen LogP contribution in [0.25, 0.3) is 11.1 Å². The Morgan fingerprint density at radius 2 is 1.63 bits per heavy atom. The van der Waals surface area contributed by atoms with Crippen LogP contribution >= 0.6 is 34.5 Å². The number of methoxy groups -OCH3 is 1. The topological polar surface area (TPSA) is 166 Å². The average Bonchev–Trinajstić information content (AvgIpc) is 3.64. The number of rotatable bonds is 11. The number of aromatic nitrogens is 1. The summed E-state index contributed by atoms with van der Waals surface area (Å²) in [5.41, 5.74) is 13.0. The summed E-state index contributed by atoms with van der Waals surface area (Å²) in [5.74, 6) is 0.120. The van der Waals surface area contributed by atoms with Crippen molar-refractivity contribution in [2.24, 2.45) is 0 Å². The number of thiazole rings is 1. The number of carbonyl (C=O) groups excluding carboxylic acids is 3. The van der Waals surface area contributed by atoms with E-state index in [-0.39, 0.29) is 31.1 Å². The average molecular weight is 889 g/mol. The van der Waals surface area contributed by atoms with Gasteiger partial charge in [0.05, 0.1) is 34.5 Å².